The van der Waals surface area contributed by atoms with Gasteiger partial charge in [-0.3, -0.25) is 15.2 Å². The number of hydrogen-bond acceptors (Lipinski definition) is 4. The number of piperidine rings is 3. The fourth-order valence-electron chi connectivity index (χ4n) is 5.19. The second-order valence-electron chi connectivity index (χ2n) is 8.48. The first-order valence-corrected chi connectivity index (χ1v) is 11.0. The highest BCUT2D eigenvalue weighted by Gasteiger charge is 2.44. The fraction of sp³-hybridized carbons (Fsp3) is 0.308. The summed E-state index contributed by atoms with van der Waals surface area (Å²) >= 11 is 0. The summed E-state index contributed by atoms with van der Waals surface area (Å²) in [6.07, 6.45) is 5.27. The molecule has 1 N–H and O–H groups in total. The van der Waals surface area contributed by atoms with Gasteiger partial charge in [0.05, 0.1) is 11.6 Å². The van der Waals surface area contributed by atoms with Crippen LogP contribution in [-0.2, 0) is 4.74 Å². The third-order valence-electron chi connectivity index (χ3n) is 6.75. The third kappa shape index (κ3) is 3.93. The first-order chi connectivity index (χ1) is 15.2. The van der Waals surface area contributed by atoms with Crippen LogP contribution < -0.4 is 5.32 Å². The van der Waals surface area contributed by atoms with Crippen LogP contribution in [0.3, 0.4) is 0 Å². The van der Waals surface area contributed by atoms with Crippen LogP contribution in [0.1, 0.15) is 24.5 Å². The number of nitrogens with one attached hydrogen (secondary N) is 1. The minimum Gasteiger partial charge on any atom is -0.439 e. The average Bonchev–Trinajstić information content (AvgIpc) is 2.83. The van der Waals surface area contributed by atoms with Crippen LogP contribution in [0.4, 0.5) is 10.5 Å². The summed E-state index contributed by atoms with van der Waals surface area (Å²) in [5.41, 5.74) is 2.65. The van der Waals surface area contributed by atoms with Crippen molar-refractivity contribution in [2.45, 2.75) is 25.0 Å². The van der Waals surface area contributed by atoms with Gasteiger partial charge in [-0.2, -0.15) is 0 Å². The highest BCUT2D eigenvalue weighted by Crippen LogP contribution is 2.43. The molecule has 3 saturated heterocycles. The maximum Gasteiger partial charge on any atom is 0.412 e. The first-order valence-electron chi connectivity index (χ1n) is 11.0. The maximum atomic E-state index is 12.9. The molecule has 0 spiro atoms. The number of amides is 1. The highest BCUT2D eigenvalue weighted by molar-refractivity contribution is 5.86. The van der Waals surface area contributed by atoms with Gasteiger partial charge in [-0.1, -0.05) is 42.5 Å². The van der Waals surface area contributed by atoms with E-state index in [0.29, 0.717) is 11.8 Å². The SMILES string of the molecule is C=C[C@H]1CN2CC[C@@H]1C[C@@H]2[C@@H](OC(=O)Nc1ccccc1)c1ccnc2ccccc12. The number of ether oxygens (including phenoxy) is 1. The number of carbonyl (C=O) groups excluding carboxylic acids is 1. The Morgan fingerprint density at radius 1 is 1.16 bits per heavy atom. The largest absolute Gasteiger partial charge is 0.439 e. The number of carbonyl (C=O) groups is 1. The van der Waals surface area contributed by atoms with Crippen LogP contribution in [0.25, 0.3) is 10.9 Å². The van der Waals surface area contributed by atoms with Crippen molar-refractivity contribution in [2.75, 3.05) is 18.4 Å². The molecular formula is C26H27N3O2. The van der Waals surface area contributed by atoms with Crippen molar-refractivity contribution >= 4 is 22.7 Å². The molecule has 5 nitrogen and oxygen atoms in total. The van der Waals surface area contributed by atoms with Gasteiger partial charge in [0.2, 0.25) is 0 Å². The van der Waals surface area contributed by atoms with E-state index in [4.69, 9.17) is 4.74 Å². The number of pyridine rings is 1. The van der Waals surface area contributed by atoms with Crippen molar-refractivity contribution < 1.29 is 9.53 Å². The van der Waals surface area contributed by atoms with Crippen LogP contribution in [-0.4, -0.2) is 35.1 Å². The Hall–Kier alpha value is -3.18. The van der Waals surface area contributed by atoms with Crippen LogP contribution in [0.15, 0.2) is 79.5 Å². The number of rotatable bonds is 5. The zero-order chi connectivity index (χ0) is 21.2. The molecule has 0 aliphatic carbocycles. The number of hydrogen-bond donors (Lipinski definition) is 1. The Bertz CT molecular complexity index is 1080. The van der Waals surface area contributed by atoms with E-state index in [0.717, 1.165) is 41.7 Å². The molecule has 3 aliphatic rings. The third-order valence-corrected chi connectivity index (χ3v) is 6.75. The lowest BCUT2D eigenvalue weighted by Gasteiger charge is -2.51. The van der Waals surface area contributed by atoms with E-state index in [2.05, 4.69) is 33.9 Å². The van der Waals surface area contributed by atoms with Crippen LogP contribution in [0, 0.1) is 11.8 Å². The van der Waals surface area contributed by atoms with Crippen molar-refractivity contribution in [2.24, 2.45) is 11.8 Å². The molecule has 5 heteroatoms. The lowest BCUT2D eigenvalue weighted by atomic mass is 9.73. The van der Waals surface area contributed by atoms with E-state index < -0.39 is 6.09 Å². The van der Waals surface area contributed by atoms with Crippen molar-refractivity contribution in [1.82, 2.24) is 9.88 Å². The molecule has 3 aliphatic heterocycles. The summed E-state index contributed by atoms with van der Waals surface area (Å²) in [7, 11) is 0. The van der Waals surface area contributed by atoms with Crippen molar-refractivity contribution in [3.8, 4) is 0 Å². The topological polar surface area (TPSA) is 54.5 Å². The van der Waals surface area contributed by atoms with E-state index in [1.165, 1.54) is 6.42 Å². The number of para-hydroxylation sites is 2. The molecule has 6 rings (SSSR count). The van der Waals surface area contributed by atoms with Gasteiger partial charge in [0.15, 0.2) is 0 Å². The van der Waals surface area contributed by atoms with E-state index in [1.807, 2.05) is 60.8 Å². The van der Waals surface area contributed by atoms with Gasteiger partial charge in [-0.05, 0) is 55.5 Å². The van der Waals surface area contributed by atoms with Gasteiger partial charge in [0.25, 0.3) is 0 Å². The summed E-state index contributed by atoms with van der Waals surface area (Å²) in [5, 5.41) is 3.91. The van der Waals surface area contributed by atoms with Crippen LogP contribution >= 0.6 is 0 Å². The van der Waals surface area contributed by atoms with E-state index in [-0.39, 0.29) is 12.1 Å². The number of fused-ring (bicyclic) bond motifs is 4. The number of aromatic nitrogens is 1. The fourth-order valence-corrected chi connectivity index (χ4v) is 5.19. The average molecular weight is 414 g/mol. The number of benzene rings is 2. The van der Waals surface area contributed by atoms with Crippen molar-refractivity contribution in [3.63, 3.8) is 0 Å². The van der Waals surface area contributed by atoms with E-state index >= 15 is 0 Å². The second-order valence-corrected chi connectivity index (χ2v) is 8.48. The first kappa shape index (κ1) is 19.8. The lowest BCUT2D eigenvalue weighted by molar-refractivity contribution is -0.0473. The van der Waals surface area contributed by atoms with Crippen LogP contribution in [0.2, 0.25) is 0 Å². The maximum absolute atomic E-state index is 12.9. The summed E-state index contributed by atoms with van der Waals surface area (Å²) < 4.78 is 6.16. The molecule has 2 bridgehead atoms. The van der Waals surface area contributed by atoms with Gasteiger partial charge in [0.1, 0.15) is 6.10 Å². The Morgan fingerprint density at radius 2 is 1.97 bits per heavy atom. The Morgan fingerprint density at radius 3 is 2.74 bits per heavy atom. The standard InChI is InChI=1S/C26H27N3O2/c1-2-18-17-29-15-13-19(18)16-24(29)25(31-26(30)28-20-8-4-3-5-9-20)22-12-14-27-23-11-7-6-10-21(22)23/h2-12,14,18-19,24-25H,1,13,15-17H2,(H,28,30)/t18-,19+,24+,25-/m0/s1. The van der Waals surface area contributed by atoms with Gasteiger partial charge in [-0.25, -0.2) is 4.79 Å². The second kappa shape index (κ2) is 8.52. The Kier molecular flexibility index (Phi) is 5.43. The molecule has 2 aromatic carbocycles. The van der Waals surface area contributed by atoms with E-state index in [9.17, 15) is 4.79 Å². The normalized spacial score (nSPS) is 25.7. The minimum absolute atomic E-state index is 0.141. The molecule has 0 radical (unpaired) electrons. The van der Waals surface area contributed by atoms with E-state index in [1.54, 1.807) is 0 Å². The van der Waals surface area contributed by atoms with Gasteiger partial charge in [0, 0.05) is 29.4 Å². The lowest BCUT2D eigenvalue weighted by Crippen LogP contribution is -2.55. The Labute approximate surface area is 182 Å². The summed E-state index contributed by atoms with van der Waals surface area (Å²) in [6.45, 7) is 6.04. The predicted molar refractivity (Wildman–Crippen MR) is 123 cm³/mol. The molecule has 5 atom stereocenters. The van der Waals surface area contributed by atoms with Crippen molar-refractivity contribution in [3.05, 3.63) is 85.1 Å². The zero-order valence-electron chi connectivity index (χ0n) is 17.5. The quantitative estimate of drug-likeness (QED) is 0.568. The zero-order valence-corrected chi connectivity index (χ0v) is 17.5. The Balaban J connectivity index is 1.48. The molecule has 31 heavy (non-hydrogen) atoms. The molecular weight excluding hydrogens is 386 g/mol. The number of nitrogens with zero attached hydrogens (tertiary/aromatic N) is 2. The summed E-state index contributed by atoms with van der Waals surface area (Å²) in [6, 6.07) is 19.6. The highest BCUT2D eigenvalue weighted by atomic mass is 16.6. The summed E-state index contributed by atoms with van der Waals surface area (Å²) in [4.78, 5) is 19.9. The molecule has 0 saturated carbocycles. The van der Waals surface area contributed by atoms with Gasteiger partial charge >= 0.3 is 6.09 Å². The minimum atomic E-state index is -0.431. The predicted octanol–water partition coefficient (Wildman–Crippen LogP) is 5.42. The smallest absolute Gasteiger partial charge is 0.412 e. The molecule has 1 unspecified atom stereocenters. The van der Waals surface area contributed by atoms with Gasteiger partial charge < -0.3 is 4.74 Å². The van der Waals surface area contributed by atoms with Gasteiger partial charge in [-0.15, -0.1) is 6.58 Å². The molecule has 1 amide bonds. The molecule has 4 heterocycles. The molecule has 158 valence electrons. The molecule has 3 aromatic rings. The molecule has 1 aromatic heterocycles. The van der Waals surface area contributed by atoms with Crippen LogP contribution in [0.5, 0.6) is 0 Å². The summed E-state index contributed by atoms with van der Waals surface area (Å²) in [5.74, 6) is 1.10. The monoisotopic (exact) mass is 413 g/mol. The number of anilines is 1. The van der Waals surface area contributed by atoms with Crippen molar-refractivity contribution in [1.29, 1.82) is 0 Å². The molecule has 3 fully saturated rings.